The number of aromatic nitrogens is 4. The molecule has 3 rings (SSSR count). The largest absolute Gasteiger partial charge is 0.479 e. The number of imidazole rings is 1. The molecule has 1 unspecified atom stereocenters. The molecule has 1 saturated heterocycles. The highest BCUT2D eigenvalue weighted by Crippen LogP contribution is 2.36. The van der Waals surface area contributed by atoms with E-state index in [1.807, 2.05) is 0 Å². The van der Waals surface area contributed by atoms with Gasteiger partial charge in [0.1, 0.15) is 12.2 Å². The van der Waals surface area contributed by atoms with Gasteiger partial charge in [-0.05, 0) is 20.7 Å². The van der Waals surface area contributed by atoms with Crippen molar-refractivity contribution in [1.82, 2.24) is 19.5 Å². The number of methoxy groups -OCH3 is 1. The molecule has 0 amide bonds. The third-order valence-electron chi connectivity index (χ3n) is 4.16. The van der Waals surface area contributed by atoms with E-state index in [9.17, 15) is 15.0 Å². The Balaban J connectivity index is 2.02. The molecule has 11 heteroatoms. The minimum Gasteiger partial charge on any atom is -0.479 e. The van der Waals surface area contributed by atoms with Crippen LogP contribution < -0.4 is 10.5 Å². The second-order valence-electron chi connectivity index (χ2n) is 6.91. The molecule has 0 spiro atoms. The molecule has 1 fully saturated rings. The van der Waals surface area contributed by atoms with Gasteiger partial charge in [-0.3, -0.25) is 9.36 Å². The summed E-state index contributed by atoms with van der Waals surface area (Å²) >= 11 is 0. The number of carbonyl (C=O) groups excluding carboxylic acids is 1. The third kappa shape index (κ3) is 3.40. The zero-order chi connectivity index (χ0) is 20.6. The fourth-order valence-electron chi connectivity index (χ4n) is 2.74. The van der Waals surface area contributed by atoms with Gasteiger partial charge in [0.15, 0.2) is 23.5 Å². The van der Waals surface area contributed by atoms with E-state index in [1.54, 1.807) is 13.8 Å². The molecule has 11 nitrogen and oxygen atoms in total. The number of aliphatic hydroxyl groups is 2. The normalized spacial score (nSPS) is 26.2. The van der Waals surface area contributed by atoms with Gasteiger partial charge >= 0.3 is 5.97 Å². The predicted octanol–water partition coefficient (Wildman–Crippen LogP) is -0.374. The van der Waals surface area contributed by atoms with Gasteiger partial charge in [-0.2, -0.15) is 9.97 Å². The first-order chi connectivity index (χ1) is 13.2. The van der Waals surface area contributed by atoms with Crippen LogP contribution in [0, 0.1) is 5.41 Å². The first-order valence-corrected chi connectivity index (χ1v) is 8.22. The van der Waals surface area contributed by atoms with Crippen LogP contribution in [0.15, 0.2) is 6.33 Å². The van der Waals surface area contributed by atoms with Gasteiger partial charge in [0.2, 0.25) is 11.8 Å². The number of hydrogen-bond donors (Lipinski definition) is 3. The zero-order valence-electron chi connectivity index (χ0n) is 16.2. The Kier molecular flexibility index (Phi) is 4.58. The van der Waals surface area contributed by atoms with Crippen LogP contribution in [0.1, 0.15) is 28.3 Å². The molecule has 2 aromatic heterocycles. The summed E-state index contributed by atoms with van der Waals surface area (Å²) in [5.74, 6) is -0.579. The number of nitrogen functional groups attached to an aromatic ring is 1. The standard InChI is InChI=1S/C16H23N5O6/c1-16(2,3)14(24)27-10-9(23)7(5-22)26-13(10)21-6-18-8-11(21)19-15(17)20-12(8)25-4/h6-7,9-10,13,22-23H,5H2,1-4H3,(H2,17,19,20)/t7-,9-,10+,13?/m1/s1/i1D. The number of nitrogens with two attached hydrogens (primary N) is 1. The number of ether oxygens (including phenoxy) is 3. The van der Waals surface area contributed by atoms with Gasteiger partial charge in [0.25, 0.3) is 0 Å². The van der Waals surface area contributed by atoms with Crippen molar-refractivity contribution in [2.24, 2.45) is 5.41 Å². The van der Waals surface area contributed by atoms with Crippen molar-refractivity contribution in [2.75, 3.05) is 19.5 Å². The Morgan fingerprint density at radius 3 is 2.89 bits per heavy atom. The Morgan fingerprint density at radius 2 is 2.26 bits per heavy atom. The van der Waals surface area contributed by atoms with Crippen LogP contribution in [0.25, 0.3) is 11.2 Å². The summed E-state index contributed by atoms with van der Waals surface area (Å²) < 4.78 is 25.3. The summed E-state index contributed by atoms with van der Waals surface area (Å²) in [6.45, 7) is 2.45. The maximum absolute atomic E-state index is 12.5. The monoisotopic (exact) mass is 382 g/mol. The maximum Gasteiger partial charge on any atom is 0.311 e. The average molecular weight is 382 g/mol. The fourth-order valence-corrected chi connectivity index (χ4v) is 2.74. The molecule has 0 bridgehead atoms. The van der Waals surface area contributed by atoms with Gasteiger partial charge in [-0.15, -0.1) is 0 Å². The van der Waals surface area contributed by atoms with E-state index in [0.717, 1.165) is 0 Å². The van der Waals surface area contributed by atoms with E-state index < -0.39 is 42.5 Å². The topological polar surface area (TPSA) is 155 Å². The van der Waals surface area contributed by atoms with Crippen molar-refractivity contribution in [3.05, 3.63) is 6.33 Å². The maximum atomic E-state index is 12.5. The van der Waals surface area contributed by atoms with Gasteiger partial charge in [0, 0.05) is 1.37 Å². The number of anilines is 1. The summed E-state index contributed by atoms with van der Waals surface area (Å²) in [5.41, 5.74) is 5.20. The molecule has 27 heavy (non-hydrogen) atoms. The van der Waals surface area contributed by atoms with Crippen LogP contribution in [0.5, 0.6) is 5.88 Å². The first kappa shape index (κ1) is 17.9. The second kappa shape index (κ2) is 6.91. The van der Waals surface area contributed by atoms with Crippen molar-refractivity contribution < 1.29 is 30.6 Å². The van der Waals surface area contributed by atoms with E-state index in [-0.39, 0.29) is 24.4 Å². The molecule has 148 valence electrons. The lowest BCUT2D eigenvalue weighted by Crippen LogP contribution is -2.39. The molecule has 4 atom stereocenters. The molecule has 2 aromatic rings. The third-order valence-corrected chi connectivity index (χ3v) is 4.16. The van der Waals surface area contributed by atoms with Crippen molar-refractivity contribution in [2.45, 2.75) is 45.3 Å². The Labute approximate surface area is 156 Å². The lowest BCUT2D eigenvalue weighted by molar-refractivity contribution is -0.167. The lowest BCUT2D eigenvalue weighted by Gasteiger charge is -2.25. The molecule has 1 aliphatic rings. The quantitative estimate of drug-likeness (QED) is 0.596. The van der Waals surface area contributed by atoms with Crippen LogP contribution in [0.4, 0.5) is 5.95 Å². The molecular formula is C16H23N5O6. The summed E-state index contributed by atoms with van der Waals surface area (Å²) in [5, 5.41) is 20.0. The molecule has 0 aromatic carbocycles. The van der Waals surface area contributed by atoms with Crippen LogP contribution in [-0.2, 0) is 14.3 Å². The minimum atomic E-state index is -1.29. The lowest BCUT2D eigenvalue weighted by atomic mass is 9.97. The van der Waals surface area contributed by atoms with E-state index in [1.165, 1.54) is 18.0 Å². The minimum absolute atomic E-state index is 0.0627. The van der Waals surface area contributed by atoms with Crippen molar-refractivity contribution >= 4 is 23.1 Å². The highest BCUT2D eigenvalue weighted by molar-refractivity contribution is 5.78. The molecule has 0 saturated carbocycles. The van der Waals surface area contributed by atoms with Crippen LogP contribution in [0.3, 0.4) is 0 Å². The number of rotatable bonds is 4. The first-order valence-electron chi connectivity index (χ1n) is 8.93. The highest BCUT2D eigenvalue weighted by Gasteiger charge is 2.48. The fraction of sp³-hybridized carbons (Fsp3) is 0.625. The Bertz CT molecular complexity index is 875. The second-order valence-corrected chi connectivity index (χ2v) is 6.91. The predicted molar refractivity (Wildman–Crippen MR) is 92.6 cm³/mol. The Morgan fingerprint density at radius 1 is 1.52 bits per heavy atom. The number of fused-ring (bicyclic) bond motifs is 1. The molecule has 4 N–H and O–H groups in total. The summed E-state index contributed by atoms with van der Waals surface area (Å²) in [4.78, 5) is 24.7. The van der Waals surface area contributed by atoms with Crippen molar-refractivity contribution in [1.29, 1.82) is 0 Å². The molecule has 1 aliphatic heterocycles. The summed E-state index contributed by atoms with van der Waals surface area (Å²) in [7, 11) is 1.41. The van der Waals surface area contributed by atoms with E-state index in [2.05, 4.69) is 15.0 Å². The number of nitrogens with zero attached hydrogens (tertiary/aromatic N) is 4. The Hall–Kier alpha value is -2.50. The van der Waals surface area contributed by atoms with E-state index in [0.29, 0.717) is 5.52 Å². The zero-order valence-corrected chi connectivity index (χ0v) is 15.2. The smallest absolute Gasteiger partial charge is 0.311 e. The number of aliphatic hydroxyl groups excluding tert-OH is 2. The number of hydrogen-bond acceptors (Lipinski definition) is 10. The van der Waals surface area contributed by atoms with Crippen LogP contribution in [0.2, 0.25) is 0 Å². The van der Waals surface area contributed by atoms with Gasteiger partial charge in [0.05, 0.1) is 25.5 Å². The van der Waals surface area contributed by atoms with Crippen molar-refractivity contribution in [3.63, 3.8) is 0 Å². The molecular weight excluding hydrogens is 358 g/mol. The summed E-state index contributed by atoms with van der Waals surface area (Å²) in [6, 6.07) is 0. The number of esters is 1. The molecule has 0 radical (unpaired) electrons. The molecule has 3 heterocycles. The van der Waals surface area contributed by atoms with Crippen molar-refractivity contribution in [3.8, 4) is 5.88 Å². The average Bonchev–Trinajstić information content (AvgIpc) is 3.22. The van der Waals surface area contributed by atoms with Crippen LogP contribution >= 0.6 is 0 Å². The van der Waals surface area contributed by atoms with E-state index in [4.69, 9.17) is 21.3 Å². The van der Waals surface area contributed by atoms with Gasteiger partial charge in [-0.1, -0.05) is 0 Å². The number of carbonyl (C=O) groups is 1. The van der Waals surface area contributed by atoms with E-state index >= 15 is 0 Å². The summed E-state index contributed by atoms with van der Waals surface area (Å²) in [6.07, 6.45) is -3.09. The van der Waals surface area contributed by atoms with Crippen LogP contribution in [-0.4, -0.2) is 67.7 Å². The molecule has 0 aliphatic carbocycles. The van der Waals surface area contributed by atoms with Gasteiger partial charge < -0.3 is 30.2 Å². The SMILES string of the molecule is [2H]CC(C)(C)C(=O)O[C@@H]1C(n2cnc3c(OC)nc(N)nc32)O[C@H](CO)[C@H]1O. The highest BCUT2D eigenvalue weighted by atomic mass is 16.6. The van der Waals surface area contributed by atoms with Gasteiger partial charge in [-0.25, -0.2) is 4.98 Å².